The van der Waals surface area contributed by atoms with Gasteiger partial charge in [-0.3, -0.25) is 4.79 Å². The van der Waals surface area contributed by atoms with E-state index in [1.54, 1.807) is 0 Å². The first-order valence-corrected chi connectivity index (χ1v) is 6.59. The van der Waals surface area contributed by atoms with E-state index < -0.39 is 0 Å². The molecule has 0 saturated heterocycles. The maximum Gasteiger partial charge on any atom is 0.252 e. The van der Waals surface area contributed by atoms with E-state index in [4.69, 9.17) is 0 Å². The first-order valence-electron chi connectivity index (χ1n) is 6.59. The van der Waals surface area contributed by atoms with Crippen LogP contribution in [0, 0.1) is 5.92 Å². The zero-order chi connectivity index (χ0) is 12.1. The van der Waals surface area contributed by atoms with Crippen LogP contribution in [-0.4, -0.2) is 16.0 Å². The lowest BCUT2D eigenvalue weighted by atomic mass is 9.83. The van der Waals surface area contributed by atoms with E-state index in [-0.39, 0.29) is 5.56 Å². The molecule has 1 aromatic rings. The molecule has 1 aromatic heterocycles. The molecule has 2 rings (SSSR count). The molecule has 4 heteroatoms. The second kappa shape index (κ2) is 5.84. The van der Waals surface area contributed by atoms with Gasteiger partial charge in [0.25, 0.3) is 5.56 Å². The number of rotatable bonds is 4. The number of aromatic amines is 1. The molecule has 1 aliphatic carbocycles. The molecule has 4 nitrogen and oxygen atoms in total. The maximum atomic E-state index is 11.1. The van der Waals surface area contributed by atoms with Gasteiger partial charge in [-0.05, 0) is 31.6 Å². The molecule has 0 aliphatic heterocycles. The molecular weight excluding hydrogens is 214 g/mol. The first kappa shape index (κ1) is 12.1. The lowest BCUT2D eigenvalue weighted by Crippen LogP contribution is -2.27. The highest BCUT2D eigenvalue weighted by Gasteiger charge is 2.20. The number of nitrogens with zero attached hydrogens (tertiary/aromatic N) is 1. The minimum absolute atomic E-state index is 0.0952. The summed E-state index contributed by atoms with van der Waals surface area (Å²) in [7, 11) is 0. The average Bonchev–Trinajstić information content (AvgIpc) is 2.32. The van der Waals surface area contributed by atoms with Crippen LogP contribution in [0.3, 0.4) is 0 Å². The summed E-state index contributed by atoms with van der Waals surface area (Å²) in [4.78, 5) is 17.8. The van der Waals surface area contributed by atoms with Gasteiger partial charge in [0.05, 0.1) is 6.33 Å². The van der Waals surface area contributed by atoms with Gasteiger partial charge in [-0.15, -0.1) is 0 Å². The minimum Gasteiger partial charge on any atom is -0.367 e. The molecule has 0 bridgehead atoms. The van der Waals surface area contributed by atoms with E-state index in [9.17, 15) is 4.79 Å². The fourth-order valence-corrected chi connectivity index (χ4v) is 2.66. The fourth-order valence-electron chi connectivity index (χ4n) is 2.66. The van der Waals surface area contributed by atoms with Crippen LogP contribution in [0.5, 0.6) is 0 Å². The molecule has 17 heavy (non-hydrogen) atoms. The van der Waals surface area contributed by atoms with Crippen molar-refractivity contribution in [2.45, 2.75) is 51.5 Å². The lowest BCUT2D eigenvalue weighted by Gasteiger charge is -2.29. The van der Waals surface area contributed by atoms with Gasteiger partial charge in [0.2, 0.25) is 0 Å². The topological polar surface area (TPSA) is 57.8 Å². The van der Waals surface area contributed by atoms with Gasteiger partial charge < -0.3 is 10.3 Å². The summed E-state index contributed by atoms with van der Waals surface area (Å²) < 4.78 is 0. The van der Waals surface area contributed by atoms with Crippen molar-refractivity contribution in [3.8, 4) is 0 Å². The minimum atomic E-state index is -0.0952. The summed E-state index contributed by atoms with van der Waals surface area (Å²) in [6, 6.07) is 2.01. The number of anilines is 1. The number of aromatic nitrogens is 2. The van der Waals surface area contributed by atoms with Crippen molar-refractivity contribution in [2.75, 3.05) is 5.32 Å². The van der Waals surface area contributed by atoms with Crippen LogP contribution in [0.25, 0.3) is 0 Å². The van der Waals surface area contributed by atoms with Crippen molar-refractivity contribution in [3.63, 3.8) is 0 Å². The number of hydrogen-bond donors (Lipinski definition) is 2. The molecule has 1 aliphatic rings. The second-order valence-corrected chi connectivity index (χ2v) is 4.95. The van der Waals surface area contributed by atoms with Crippen LogP contribution in [0.15, 0.2) is 17.2 Å². The van der Waals surface area contributed by atoms with Crippen molar-refractivity contribution < 1.29 is 0 Å². The van der Waals surface area contributed by atoms with E-state index in [1.165, 1.54) is 50.9 Å². The molecule has 1 saturated carbocycles. The Bertz CT molecular complexity index is 394. The standard InChI is InChI=1S/C13H21N3O/c1-2-3-10-4-6-11(7-5-10)16-12-8-13(17)15-9-14-12/h8-11H,2-7H2,1H3,(H2,14,15,16,17). The van der Waals surface area contributed by atoms with Gasteiger partial charge >= 0.3 is 0 Å². The average molecular weight is 235 g/mol. The van der Waals surface area contributed by atoms with Crippen molar-refractivity contribution >= 4 is 5.82 Å². The summed E-state index contributed by atoms with van der Waals surface area (Å²) in [5.41, 5.74) is -0.0952. The lowest BCUT2D eigenvalue weighted by molar-refractivity contribution is 0.318. The molecule has 0 spiro atoms. The summed E-state index contributed by atoms with van der Waals surface area (Å²) >= 11 is 0. The summed E-state index contributed by atoms with van der Waals surface area (Å²) in [6.45, 7) is 2.25. The largest absolute Gasteiger partial charge is 0.367 e. The molecule has 2 N–H and O–H groups in total. The van der Waals surface area contributed by atoms with Crippen LogP contribution < -0.4 is 10.9 Å². The Kier molecular flexibility index (Phi) is 4.18. The molecular formula is C13H21N3O. The van der Waals surface area contributed by atoms with Crippen LogP contribution in [0.1, 0.15) is 45.4 Å². The van der Waals surface area contributed by atoms with Crippen LogP contribution in [0.2, 0.25) is 0 Å². The van der Waals surface area contributed by atoms with Crippen molar-refractivity contribution in [1.82, 2.24) is 9.97 Å². The van der Waals surface area contributed by atoms with E-state index in [2.05, 4.69) is 22.2 Å². The van der Waals surface area contributed by atoms with E-state index >= 15 is 0 Å². The van der Waals surface area contributed by atoms with Crippen molar-refractivity contribution in [3.05, 3.63) is 22.7 Å². The molecule has 0 atom stereocenters. The normalized spacial score (nSPS) is 24.5. The van der Waals surface area contributed by atoms with Crippen LogP contribution >= 0.6 is 0 Å². The first-order chi connectivity index (χ1) is 8.28. The highest BCUT2D eigenvalue weighted by molar-refractivity contribution is 5.33. The molecule has 0 amide bonds. The molecule has 1 fully saturated rings. The van der Waals surface area contributed by atoms with Crippen molar-refractivity contribution in [2.24, 2.45) is 5.92 Å². The summed E-state index contributed by atoms with van der Waals surface area (Å²) in [5, 5.41) is 3.35. The monoisotopic (exact) mass is 235 g/mol. The maximum absolute atomic E-state index is 11.1. The van der Waals surface area contributed by atoms with E-state index in [0.717, 1.165) is 5.92 Å². The zero-order valence-corrected chi connectivity index (χ0v) is 10.4. The third-order valence-electron chi connectivity index (χ3n) is 3.57. The van der Waals surface area contributed by atoms with Gasteiger partial charge in [0.1, 0.15) is 5.82 Å². The van der Waals surface area contributed by atoms with Gasteiger partial charge in [-0.1, -0.05) is 19.8 Å². The quantitative estimate of drug-likeness (QED) is 0.843. The SMILES string of the molecule is CCCC1CCC(Nc2cc(=O)[nH]cn2)CC1. The molecule has 0 aromatic carbocycles. The number of nitrogens with one attached hydrogen (secondary N) is 2. The molecule has 0 radical (unpaired) electrons. The predicted molar refractivity (Wildman–Crippen MR) is 69.1 cm³/mol. The number of hydrogen-bond acceptors (Lipinski definition) is 3. The second-order valence-electron chi connectivity index (χ2n) is 4.95. The highest BCUT2D eigenvalue weighted by Crippen LogP contribution is 2.28. The van der Waals surface area contributed by atoms with E-state index in [1.807, 2.05) is 0 Å². The van der Waals surface area contributed by atoms with Gasteiger partial charge in [-0.25, -0.2) is 4.98 Å². The summed E-state index contributed by atoms with van der Waals surface area (Å²) in [5.74, 6) is 1.61. The zero-order valence-electron chi connectivity index (χ0n) is 10.4. The fraction of sp³-hybridized carbons (Fsp3) is 0.692. The summed E-state index contributed by atoms with van der Waals surface area (Å²) in [6.07, 6.45) is 9.09. The van der Waals surface area contributed by atoms with Crippen LogP contribution in [0.4, 0.5) is 5.82 Å². The van der Waals surface area contributed by atoms with E-state index in [0.29, 0.717) is 11.9 Å². The Morgan fingerprint density at radius 2 is 2.18 bits per heavy atom. The molecule has 0 unspecified atom stereocenters. The third-order valence-corrected chi connectivity index (χ3v) is 3.57. The Balaban J connectivity index is 1.84. The number of H-pyrrole nitrogens is 1. The molecule has 94 valence electrons. The van der Waals surface area contributed by atoms with Crippen molar-refractivity contribution in [1.29, 1.82) is 0 Å². The van der Waals surface area contributed by atoms with Crippen LogP contribution in [-0.2, 0) is 0 Å². The highest BCUT2D eigenvalue weighted by atomic mass is 16.1. The van der Waals surface area contributed by atoms with Gasteiger partial charge in [0.15, 0.2) is 0 Å². The predicted octanol–water partition coefficient (Wildman–Crippen LogP) is 2.54. The van der Waals surface area contributed by atoms with Gasteiger partial charge in [-0.2, -0.15) is 0 Å². The Labute approximate surface area is 102 Å². The Hall–Kier alpha value is -1.32. The Morgan fingerprint density at radius 3 is 2.82 bits per heavy atom. The third kappa shape index (κ3) is 3.58. The molecule has 1 heterocycles. The Morgan fingerprint density at radius 1 is 1.41 bits per heavy atom. The smallest absolute Gasteiger partial charge is 0.252 e. The van der Waals surface area contributed by atoms with Gasteiger partial charge in [0, 0.05) is 12.1 Å².